The second-order valence-electron chi connectivity index (χ2n) is 4.73. The average Bonchev–Trinajstić information content (AvgIpc) is 2.67. The van der Waals surface area contributed by atoms with Crippen LogP contribution in [0.5, 0.6) is 0 Å². The molecule has 1 heterocycles. The summed E-state index contributed by atoms with van der Waals surface area (Å²) in [6.45, 7) is 5.62. The maximum Gasteiger partial charge on any atom is 0.128 e. The molecule has 2 rings (SSSR count). The maximum atomic E-state index is 14.1. The number of benzene rings is 1. The molecule has 19 heavy (non-hydrogen) atoms. The Hall–Kier alpha value is -1.26. The van der Waals surface area contributed by atoms with Crippen LogP contribution in [-0.4, -0.2) is 7.05 Å². The van der Waals surface area contributed by atoms with Gasteiger partial charge in [-0.2, -0.15) is 0 Å². The lowest BCUT2D eigenvalue weighted by Gasteiger charge is -2.16. The predicted octanol–water partition coefficient (Wildman–Crippen LogP) is 4.26. The van der Waals surface area contributed by atoms with Crippen molar-refractivity contribution >= 4 is 11.3 Å². The highest BCUT2D eigenvalue weighted by molar-refractivity contribution is 7.12. The standard InChI is InChI=1S/C15H17F2NS/c1-8-6-14(19-10(8)3)15(18-4)11-7-12(16)9(2)5-13(11)17/h5-7,15,18H,1-4H3. The molecular weight excluding hydrogens is 264 g/mol. The highest BCUT2D eigenvalue weighted by Gasteiger charge is 2.20. The molecule has 1 unspecified atom stereocenters. The fraction of sp³-hybridized carbons (Fsp3) is 0.333. The van der Waals surface area contributed by atoms with Gasteiger partial charge in [0.25, 0.3) is 0 Å². The maximum absolute atomic E-state index is 14.1. The number of thiophene rings is 1. The van der Waals surface area contributed by atoms with Gasteiger partial charge in [-0.25, -0.2) is 8.78 Å². The van der Waals surface area contributed by atoms with Crippen LogP contribution in [0.3, 0.4) is 0 Å². The van der Waals surface area contributed by atoms with E-state index in [1.165, 1.54) is 22.6 Å². The van der Waals surface area contributed by atoms with Crippen LogP contribution in [0.2, 0.25) is 0 Å². The third-order valence-corrected chi connectivity index (χ3v) is 4.56. The van der Waals surface area contributed by atoms with E-state index in [0.29, 0.717) is 11.1 Å². The molecule has 1 atom stereocenters. The minimum absolute atomic E-state index is 0.313. The number of nitrogens with one attached hydrogen (secondary N) is 1. The molecule has 0 radical (unpaired) electrons. The molecule has 0 bridgehead atoms. The van der Waals surface area contributed by atoms with Crippen LogP contribution < -0.4 is 5.32 Å². The Bertz CT molecular complexity index is 585. The molecule has 1 aromatic heterocycles. The molecule has 2 aromatic rings. The predicted molar refractivity (Wildman–Crippen MR) is 75.8 cm³/mol. The van der Waals surface area contributed by atoms with E-state index < -0.39 is 0 Å². The van der Waals surface area contributed by atoms with Crippen LogP contribution in [0.15, 0.2) is 18.2 Å². The minimum Gasteiger partial charge on any atom is -0.309 e. The zero-order chi connectivity index (χ0) is 14.2. The van der Waals surface area contributed by atoms with Crippen molar-refractivity contribution in [1.29, 1.82) is 0 Å². The number of halogens is 2. The summed E-state index contributed by atoms with van der Waals surface area (Å²) in [5, 5.41) is 3.07. The van der Waals surface area contributed by atoms with Gasteiger partial charge in [0.1, 0.15) is 11.6 Å². The Morgan fingerprint density at radius 3 is 2.21 bits per heavy atom. The highest BCUT2D eigenvalue weighted by atomic mass is 32.1. The van der Waals surface area contributed by atoms with E-state index in [2.05, 4.69) is 5.32 Å². The van der Waals surface area contributed by atoms with Gasteiger partial charge in [-0.05, 0) is 57.1 Å². The number of hydrogen-bond donors (Lipinski definition) is 1. The molecule has 0 aliphatic heterocycles. The van der Waals surface area contributed by atoms with Crippen LogP contribution in [0.25, 0.3) is 0 Å². The largest absolute Gasteiger partial charge is 0.309 e. The zero-order valence-corrected chi connectivity index (χ0v) is 12.3. The smallest absolute Gasteiger partial charge is 0.128 e. The summed E-state index contributed by atoms with van der Waals surface area (Å²) in [6.07, 6.45) is 0. The fourth-order valence-corrected chi connectivity index (χ4v) is 3.25. The van der Waals surface area contributed by atoms with Gasteiger partial charge in [0.15, 0.2) is 0 Å². The molecule has 1 N–H and O–H groups in total. The molecule has 1 aromatic carbocycles. The monoisotopic (exact) mass is 281 g/mol. The minimum atomic E-state index is -0.373. The lowest BCUT2D eigenvalue weighted by molar-refractivity contribution is 0.556. The van der Waals surface area contributed by atoms with Crippen molar-refractivity contribution in [2.45, 2.75) is 26.8 Å². The molecular formula is C15H17F2NS. The molecule has 4 heteroatoms. The van der Waals surface area contributed by atoms with Crippen molar-refractivity contribution in [2.24, 2.45) is 0 Å². The van der Waals surface area contributed by atoms with Gasteiger partial charge in [0.2, 0.25) is 0 Å². The Kier molecular flexibility index (Phi) is 4.02. The number of hydrogen-bond acceptors (Lipinski definition) is 2. The van der Waals surface area contributed by atoms with E-state index in [1.807, 2.05) is 19.9 Å². The van der Waals surface area contributed by atoms with Crippen molar-refractivity contribution in [3.05, 3.63) is 56.3 Å². The van der Waals surface area contributed by atoms with Crippen LogP contribution in [-0.2, 0) is 0 Å². The SMILES string of the molecule is CNC(c1cc(C)c(C)s1)c1cc(F)c(C)cc1F. The quantitative estimate of drug-likeness (QED) is 0.886. The molecule has 0 saturated carbocycles. The second-order valence-corrected chi connectivity index (χ2v) is 6.02. The number of aryl methyl sites for hydroxylation is 3. The summed E-state index contributed by atoms with van der Waals surface area (Å²) in [4.78, 5) is 2.20. The molecule has 0 aliphatic rings. The summed E-state index contributed by atoms with van der Waals surface area (Å²) in [6, 6.07) is 4.25. The Morgan fingerprint density at radius 1 is 1.00 bits per heavy atom. The molecule has 0 saturated heterocycles. The first-order valence-electron chi connectivity index (χ1n) is 6.13. The lowest BCUT2D eigenvalue weighted by atomic mass is 10.0. The van der Waals surface area contributed by atoms with Gasteiger partial charge in [-0.3, -0.25) is 0 Å². The van der Waals surface area contributed by atoms with E-state index in [4.69, 9.17) is 0 Å². The first-order valence-corrected chi connectivity index (χ1v) is 6.95. The van der Waals surface area contributed by atoms with Gasteiger partial charge in [0, 0.05) is 15.3 Å². The van der Waals surface area contributed by atoms with E-state index in [1.54, 1.807) is 25.3 Å². The van der Waals surface area contributed by atoms with E-state index in [9.17, 15) is 8.78 Å². The van der Waals surface area contributed by atoms with Gasteiger partial charge < -0.3 is 5.32 Å². The molecule has 0 spiro atoms. The van der Waals surface area contributed by atoms with Crippen LogP contribution in [0.4, 0.5) is 8.78 Å². The summed E-state index contributed by atoms with van der Waals surface area (Å²) >= 11 is 1.61. The van der Waals surface area contributed by atoms with Crippen molar-refractivity contribution in [1.82, 2.24) is 5.32 Å². The van der Waals surface area contributed by atoms with Crippen LogP contribution in [0, 0.1) is 32.4 Å². The summed E-state index contributed by atoms with van der Waals surface area (Å²) in [5.74, 6) is -0.747. The highest BCUT2D eigenvalue weighted by Crippen LogP contribution is 2.32. The first kappa shape index (κ1) is 14.2. The first-order chi connectivity index (χ1) is 8.93. The van der Waals surface area contributed by atoms with Crippen molar-refractivity contribution in [3.8, 4) is 0 Å². The topological polar surface area (TPSA) is 12.0 Å². The second kappa shape index (κ2) is 5.39. The van der Waals surface area contributed by atoms with E-state index >= 15 is 0 Å². The molecule has 0 amide bonds. The van der Waals surface area contributed by atoms with Crippen molar-refractivity contribution in [2.75, 3.05) is 7.05 Å². The van der Waals surface area contributed by atoms with Gasteiger partial charge in [0.05, 0.1) is 6.04 Å². The summed E-state index contributed by atoms with van der Waals surface area (Å²) in [7, 11) is 1.76. The van der Waals surface area contributed by atoms with Crippen LogP contribution in [0.1, 0.15) is 32.5 Å². The van der Waals surface area contributed by atoms with Crippen molar-refractivity contribution < 1.29 is 8.78 Å². The van der Waals surface area contributed by atoms with E-state index in [-0.39, 0.29) is 17.7 Å². The van der Waals surface area contributed by atoms with E-state index in [0.717, 1.165) is 4.88 Å². The van der Waals surface area contributed by atoms with Crippen LogP contribution >= 0.6 is 11.3 Å². The third kappa shape index (κ3) is 2.69. The third-order valence-electron chi connectivity index (χ3n) is 3.35. The normalized spacial score (nSPS) is 12.7. The molecule has 0 fully saturated rings. The molecule has 102 valence electrons. The Labute approximate surface area is 116 Å². The molecule has 0 aliphatic carbocycles. The average molecular weight is 281 g/mol. The number of rotatable bonds is 3. The van der Waals surface area contributed by atoms with Gasteiger partial charge >= 0.3 is 0 Å². The zero-order valence-electron chi connectivity index (χ0n) is 11.5. The molecule has 1 nitrogen and oxygen atoms in total. The lowest BCUT2D eigenvalue weighted by Crippen LogP contribution is -2.18. The van der Waals surface area contributed by atoms with Gasteiger partial charge in [-0.15, -0.1) is 11.3 Å². The van der Waals surface area contributed by atoms with Crippen molar-refractivity contribution in [3.63, 3.8) is 0 Å². The fourth-order valence-electron chi connectivity index (χ4n) is 2.08. The summed E-state index contributed by atoms with van der Waals surface area (Å²) in [5.41, 5.74) is 1.86. The Balaban J connectivity index is 2.50. The van der Waals surface area contributed by atoms with Gasteiger partial charge in [-0.1, -0.05) is 0 Å². The summed E-state index contributed by atoms with van der Waals surface area (Å²) < 4.78 is 27.7. The Morgan fingerprint density at radius 2 is 1.68 bits per heavy atom.